The van der Waals surface area contributed by atoms with Gasteiger partial charge in [0.05, 0.1) is 6.10 Å². The fraction of sp³-hybridized carbons (Fsp3) is 0.286. The van der Waals surface area contributed by atoms with E-state index in [2.05, 4.69) is 24.3 Å². The van der Waals surface area contributed by atoms with Crippen molar-refractivity contribution in [1.82, 2.24) is 0 Å². The second kappa shape index (κ2) is 4.65. The molecule has 2 atom stereocenters. The number of nitrogens with two attached hydrogens (primary N) is 1. The van der Waals surface area contributed by atoms with E-state index in [1.54, 1.807) is 0 Å². The molecular weight excluding hydrogens is 234 g/mol. The maximum absolute atomic E-state index is 9.86. The second-order valence-corrected chi connectivity index (χ2v) is 4.56. The van der Waals surface area contributed by atoms with Gasteiger partial charge in [-0.2, -0.15) is 0 Å². The monoisotopic (exact) mass is 249 g/mol. The summed E-state index contributed by atoms with van der Waals surface area (Å²) in [6, 6.07) is 12.5. The zero-order chi connectivity index (χ0) is 11.1. The molecule has 0 bridgehead atoms. The average molecular weight is 250 g/mol. The van der Waals surface area contributed by atoms with Crippen LogP contribution in [0.2, 0.25) is 0 Å². The van der Waals surface area contributed by atoms with Crippen LogP contribution in [-0.4, -0.2) is 17.3 Å². The van der Waals surface area contributed by atoms with Crippen LogP contribution in [0.4, 0.5) is 0 Å². The van der Waals surface area contributed by atoms with Gasteiger partial charge in [-0.3, -0.25) is 0 Å². The molecule has 0 amide bonds. The van der Waals surface area contributed by atoms with Crippen molar-refractivity contribution in [2.75, 3.05) is 0 Å². The molecule has 0 unspecified atom stereocenters. The number of fused-ring (bicyclic) bond motifs is 3. The molecule has 0 aliphatic heterocycles. The largest absolute Gasteiger partial charge is 0.391 e. The van der Waals surface area contributed by atoms with Crippen LogP contribution in [0.3, 0.4) is 0 Å². The van der Waals surface area contributed by atoms with Crippen molar-refractivity contribution in [3.8, 4) is 0 Å². The Morgan fingerprint density at radius 2 is 1.82 bits per heavy atom. The Morgan fingerprint density at radius 3 is 2.65 bits per heavy atom. The standard InChI is InChI=1S/C14H15NO.ClH/c15-13-7-10-6-5-9-3-1-2-4-11(9)12(10)8-14(13)16;/h1-6,13-14,16H,7-8,15H2;1H/t13-,14-;/m1./s1. The van der Waals surface area contributed by atoms with Crippen LogP contribution in [0.25, 0.3) is 10.8 Å². The van der Waals surface area contributed by atoms with Crippen LogP contribution in [0.5, 0.6) is 0 Å². The molecule has 3 rings (SSSR count). The molecule has 0 radical (unpaired) electrons. The Morgan fingerprint density at radius 1 is 1.06 bits per heavy atom. The smallest absolute Gasteiger partial charge is 0.0734 e. The minimum Gasteiger partial charge on any atom is -0.391 e. The summed E-state index contributed by atoms with van der Waals surface area (Å²) in [7, 11) is 0. The lowest BCUT2D eigenvalue weighted by molar-refractivity contribution is 0.138. The summed E-state index contributed by atoms with van der Waals surface area (Å²) < 4.78 is 0. The van der Waals surface area contributed by atoms with Gasteiger partial charge in [-0.15, -0.1) is 12.4 Å². The van der Waals surface area contributed by atoms with Crippen LogP contribution in [0, 0.1) is 0 Å². The Balaban J connectivity index is 0.00000108. The molecule has 0 aromatic heterocycles. The number of rotatable bonds is 0. The topological polar surface area (TPSA) is 46.2 Å². The minimum atomic E-state index is -0.404. The van der Waals surface area contributed by atoms with Crippen molar-refractivity contribution >= 4 is 23.2 Å². The van der Waals surface area contributed by atoms with Gasteiger partial charge in [-0.05, 0) is 28.3 Å². The number of aliphatic hydroxyl groups is 1. The SMILES string of the molecule is Cl.N[C@@H]1Cc2ccc3ccccc3c2C[C@H]1O. The van der Waals surface area contributed by atoms with Crippen LogP contribution in [-0.2, 0) is 12.8 Å². The molecule has 2 nitrogen and oxygen atoms in total. The first-order valence-electron chi connectivity index (χ1n) is 5.69. The van der Waals surface area contributed by atoms with Gasteiger partial charge in [0.1, 0.15) is 0 Å². The van der Waals surface area contributed by atoms with Crippen molar-refractivity contribution in [1.29, 1.82) is 0 Å². The molecule has 2 aromatic carbocycles. The predicted octanol–water partition coefficient (Wildman–Crippen LogP) is 2.05. The Labute approximate surface area is 107 Å². The highest BCUT2D eigenvalue weighted by atomic mass is 35.5. The second-order valence-electron chi connectivity index (χ2n) is 4.56. The van der Waals surface area contributed by atoms with E-state index in [0.717, 1.165) is 6.42 Å². The molecule has 17 heavy (non-hydrogen) atoms. The maximum Gasteiger partial charge on any atom is 0.0734 e. The predicted molar refractivity (Wildman–Crippen MR) is 72.6 cm³/mol. The molecule has 3 heteroatoms. The highest BCUT2D eigenvalue weighted by Crippen LogP contribution is 2.28. The van der Waals surface area contributed by atoms with E-state index in [9.17, 15) is 5.11 Å². The zero-order valence-corrected chi connectivity index (χ0v) is 10.3. The van der Waals surface area contributed by atoms with E-state index in [0.29, 0.717) is 6.42 Å². The van der Waals surface area contributed by atoms with Gasteiger partial charge in [0.15, 0.2) is 0 Å². The third-order valence-electron chi connectivity index (χ3n) is 3.50. The van der Waals surface area contributed by atoms with Gasteiger partial charge >= 0.3 is 0 Å². The van der Waals surface area contributed by atoms with Crippen LogP contribution < -0.4 is 5.73 Å². The van der Waals surface area contributed by atoms with Crippen LogP contribution in [0.1, 0.15) is 11.1 Å². The summed E-state index contributed by atoms with van der Waals surface area (Å²) in [4.78, 5) is 0. The van der Waals surface area contributed by atoms with E-state index >= 15 is 0 Å². The fourth-order valence-corrected chi connectivity index (χ4v) is 2.56. The molecule has 1 aliphatic carbocycles. The normalized spacial score (nSPS) is 22.9. The molecular formula is C14H16ClNO. The molecule has 3 N–H and O–H groups in total. The molecule has 2 aromatic rings. The van der Waals surface area contributed by atoms with E-state index in [1.807, 2.05) is 12.1 Å². The number of benzene rings is 2. The van der Waals surface area contributed by atoms with Gasteiger partial charge in [-0.25, -0.2) is 0 Å². The van der Waals surface area contributed by atoms with Gasteiger partial charge in [0, 0.05) is 12.5 Å². The number of halogens is 1. The Bertz CT molecular complexity index is 541. The number of hydrogen-bond donors (Lipinski definition) is 2. The lowest BCUT2D eigenvalue weighted by Crippen LogP contribution is -2.41. The Kier molecular flexibility index (Phi) is 3.38. The zero-order valence-electron chi connectivity index (χ0n) is 9.47. The first kappa shape index (κ1) is 12.4. The summed E-state index contributed by atoms with van der Waals surface area (Å²) in [6.07, 6.45) is 1.05. The summed E-state index contributed by atoms with van der Waals surface area (Å²) in [6.45, 7) is 0. The van der Waals surface area contributed by atoms with Gasteiger partial charge < -0.3 is 10.8 Å². The molecule has 0 heterocycles. The molecule has 0 saturated heterocycles. The first-order chi connectivity index (χ1) is 7.75. The van der Waals surface area contributed by atoms with Crippen LogP contribution in [0.15, 0.2) is 36.4 Å². The van der Waals surface area contributed by atoms with Gasteiger partial charge in [-0.1, -0.05) is 36.4 Å². The third kappa shape index (κ3) is 2.04. The number of aliphatic hydroxyl groups excluding tert-OH is 1. The summed E-state index contributed by atoms with van der Waals surface area (Å²) >= 11 is 0. The minimum absolute atomic E-state index is 0. The van der Waals surface area contributed by atoms with Crippen molar-refractivity contribution in [3.63, 3.8) is 0 Å². The lowest BCUT2D eigenvalue weighted by Gasteiger charge is -2.27. The average Bonchev–Trinajstić information content (AvgIpc) is 2.31. The molecule has 90 valence electrons. The maximum atomic E-state index is 9.86. The van der Waals surface area contributed by atoms with E-state index in [1.165, 1.54) is 21.9 Å². The van der Waals surface area contributed by atoms with E-state index < -0.39 is 6.10 Å². The van der Waals surface area contributed by atoms with Crippen molar-refractivity contribution in [3.05, 3.63) is 47.5 Å². The quantitative estimate of drug-likeness (QED) is 0.751. The van der Waals surface area contributed by atoms with Crippen LogP contribution >= 0.6 is 12.4 Å². The summed E-state index contributed by atoms with van der Waals surface area (Å²) in [5.41, 5.74) is 8.45. The molecule has 0 saturated carbocycles. The van der Waals surface area contributed by atoms with E-state index in [4.69, 9.17) is 5.73 Å². The van der Waals surface area contributed by atoms with Crippen molar-refractivity contribution in [2.24, 2.45) is 5.73 Å². The van der Waals surface area contributed by atoms with Gasteiger partial charge in [0.2, 0.25) is 0 Å². The molecule has 1 aliphatic rings. The highest BCUT2D eigenvalue weighted by molar-refractivity contribution is 5.87. The van der Waals surface area contributed by atoms with Crippen molar-refractivity contribution < 1.29 is 5.11 Å². The van der Waals surface area contributed by atoms with Crippen molar-refractivity contribution in [2.45, 2.75) is 25.0 Å². The summed E-state index contributed by atoms with van der Waals surface area (Å²) in [5.74, 6) is 0. The van der Waals surface area contributed by atoms with E-state index in [-0.39, 0.29) is 18.4 Å². The molecule has 0 spiro atoms. The lowest BCUT2D eigenvalue weighted by atomic mass is 9.84. The Hall–Kier alpha value is -1.09. The third-order valence-corrected chi connectivity index (χ3v) is 3.50. The first-order valence-corrected chi connectivity index (χ1v) is 5.69. The highest BCUT2D eigenvalue weighted by Gasteiger charge is 2.24. The van der Waals surface area contributed by atoms with Gasteiger partial charge in [0.25, 0.3) is 0 Å². The fourth-order valence-electron chi connectivity index (χ4n) is 2.56. The molecule has 0 fully saturated rings. The number of hydrogen-bond acceptors (Lipinski definition) is 2. The summed E-state index contributed by atoms with van der Waals surface area (Å²) in [5, 5.41) is 12.4.